The predicted octanol–water partition coefficient (Wildman–Crippen LogP) is 3.68. The van der Waals surface area contributed by atoms with Crippen LogP contribution in [0.5, 0.6) is 5.75 Å². The van der Waals surface area contributed by atoms with E-state index in [0.717, 1.165) is 10.4 Å². The molecular formula is C18H15NO5S2. The van der Waals surface area contributed by atoms with E-state index in [1.807, 2.05) is 30.3 Å². The standard InChI is InChI=1S/C18H15NO5S2/c20-18(21)11-24-15-6-8-16(9-7-15)26(22,23)19-14-10-17(25-12-14)13-4-2-1-3-5-13/h1-10,12,19H,11H2,(H,20,21). The molecule has 134 valence electrons. The van der Waals surface area contributed by atoms with Crippen molar-refractivity contribution in [2.24, 2.45) is 0 Å². The summed E-state index contributed by atoms with van der Waals surface area (Å²) >= 11 is 1.45. The molecule has 1 heterocycles. The lowest BCUT2D eigenvalue weighted by molar-refractivity contribution is -0.139. The van der Waals surface area contributed by atoms with Crippen molar-refractivity contribution >= 4 is 33.0 Å². The predicted molar refractivity (Wildman–Crippen MR) is 100 cm³/mol. The molecular weight excluding hydrogens is 374 g/mol. The molecule has 1 aromatic heterocycles. The minimum atomic E-state index is -3.75. The van der Waals surface area contributed by atoms with E-state index in [-0.39, 0.29) is 10.6 Å². The summed E-state index contributed by atoms with van der Waals surface area (Å²) < 4.78 is 32.5. The Kier molecular flexibility index (Phi) is 5.24. The Morgan fingerprint density at radius 1 is 1.08 bits per heavy atom. The molecule has 0 atom stereocenters. The third-order valence-corrected chi connectivity index (χ3v) is 5.78. The van der Waals surface area contributed by atoms with Gasteiger partial charge in [-0.1, -0.05) is 30.3 Å². The molecule has 3 aromatic rings. The first-order valence-electron chi connectivity index (χ1n) is 7.55. The Hall–Kier alpha value is -2.84. The van der Waals surface area contributed by atoms with Gasteiger partial charge in [0.2, 0.25) is 0 Å². The second kappa shape index (κ2) is 7.59. The number of carboxylic acid groups (broad SMARTS) is 1. The lowest BCUT2D eigenvalue weighted by atomic mass is 10.2. The van der Waals surface area contributed by atoms with Crippen LogP contribution < -0.4 is 9.46 Å². The summed E-state index contributed by atoms with van der Waals surface area (Å²) in [5.41, 5.74) is 1.50. The molecule has 26 heavy (non-hydrogen) atoms. The van der Waals surface area contributed by atoms with Crippen LogP contribution in [0.4, 0.5) is 5.69 Å². The molecule has 2 N–H and O–H groups in total. The Balaban J connectivity index is 1.73. The molecule has 0 aliphatic rings. The molecule has 0 amide bonds. The van der Waals surface area contributed by atoms with Crippen LogP contribution in [0.1, 0.15) is 0 Å². The van der Waals surface area contributed by atoms with Crippen LogP contribution in [0.3, 0.4) is 0 Å². The number of hydrogen-bond donors (Lipinski definition) is 2. The number of nitrogens with one attached hydrogen (secondary N) is 1. The van der Waals surface area contributed by atoms with Crippen molar-refractivity contribution in [3.63, 3.8) is 0 Å². The fourth-order valence-corrected chi connectivity index (χ4v) is 4.18. The Bertz CT molecular complexity index is 996. The van der Waals surface area contributed by atoms with Crippen LogP contribution in [-0.4, -0.2) is 26.1 Å². The van der Waals surface area contributed by atoms with Gasteiger partial charge in [0, 0.05) is 10.3 Å². The number of anilines is 1. The second-order valence-electron chi connectivity index (χ2n) is 5.32. The molecule has 0 saturated heterocycles. The number of benzene rings is 2. The first kappa shape index (κ1) is 18.0. The quantitative estimate of drug-likeness (QED) is 0.643. The third kappa shape index (κ3) is 4.41. The number of carboxylic acids is 1. The van der Waals surface area contributed by atoms with Gasteiger partial charge in [-0.05, 0) is 35.9 Å². The highest BCUT2D eigenvalue weighted by molar-refractivity contribution is 7.92. The summed E-state index contributed by atoms with van der Waals surface area (Å²) in [6.07, 6.45) is 0. The van der Waals surface area contributed by atoms with E-state index in [0.29, 0.717) is 5.69 Å². The van der Waals surface area contributed by atoms with E-state index in [2.05, 4.69) is 4.72 Å². The average Bonchev–Trinajstić information content (AvgIpc) is 3.09. The third-order valence-electron chi connectivity index (χ3n) is 3.41. The molecule has 0 spiro atoms. The van der Waals surface area contributed by atoms with Crippen molar-refractivity contribution in [3.8, 4) is 16.2 Å². The van der Waals surface area contributed by atoms with Gasteiger partial charge in [0.1, 0.15) is 5.75 Å². The lowest BCUT2D eigenvalue weighted by Crippen LogP contribution is -2.13. The first-order valence-corrected chi connectivity index (χ1v) is 9.92. The summed E-state index contributed by atoms with van der Waals surface area (Å²) in [7, 11) is -3.75. The Morgan fingerprint density at radius 2 is 1.77 bits per heavy atom. The zero-order valence-electron chi connectivity index (χ0n) is 13.5. The molecule has 0 fully saturated rings. The first-order chi connectivity index (χ1) is 12.4. The number of rotatable bonds is 7. The molecule has 2 aromatic carbocycles. The van der Waals surface area contributed by atoms with E-state index in [9.17, 15) is 13.2 Å². The molecule has 0 saturated carbocycles. The topological polar surface area (TPSA) is 92.7 Å². The van der Waals surface area contributed by atoms with Gasteiger partial charge in [0.05, 0.1) is 10.6 Å². The van der Waals surface area contributed by atoms with Crippen LogP contribution >= 0.6 is 11.3 Å². The van der Waals surface area contributed by atoms with Gasteiger partial charge < -0.3 is 9.84 Å². The molecule has 0 aliphatic heterocycles. The molecule has 0 aliphatic carbocycles. The molecule has 0 unspecified atom stereocenters. The van der Waals surface area contributed by atoms with Gasteiger partial charge >= 0.3 is 5.97 Å². The highest BCUT2D eigenvalue weighted by Crippen LogP contribution is 2.30. The Labute approximate surface area is 154 Å². The van der Waals surface area contributed by atoms with E-state index in [1.54, 1.807) is 11.4 Å². The van der Waals surface area contributed by atoms with Crippen LogP contribution in [0.15, 0.2) is 70.9 Å². The number of carbonyl (C=O) groups is 1. The summed E-state index contributed by atoms with van der Waals surface area (Å²) in [5, 5.41) is 10.3. The molecule has 0 bridgehead atoms. The van der Waals surface area contributed by atoms with Crippen LogP contribution in [0.2, 0.25) is 0 Å². The largest absolute Gasteiger partial charge is 0.482 e. The van der Waals surface area contributed by atoms with Gasteiger partial charge in [0.25, 0.3) is 10.0 Å². The smallest absolute Gasteiger partial charge is 0.341 e. The van der Waals surface area contributed by atoms with Crippen LogP contribution in [0, 0.1) is 0 Å². The maximum atomic E-state index is 12.5. The molecule has 8 heteroatoms. The highest BCUT2D eigenvalue weighted by atomic mass is 32.2. The van der Waals surface area contributed by atoms with Gasteiger partial charge in [-0.25, -0.2) is 13.2 Å². The molecule has 0 radical (unpaired) electrons. The van der Waals surface area contributed by atoms with Gasteiger partial charge in [0.15, 0.2) is 6.61 Å². The minimum absolute atomic E-state index is 0.0626. The van der Waals surface area contributed by atoms with E-state index < -0.39 is 22.6 Å². The van der Waals surface area contributed by atoms with Gasteiger partial charge in [-0.3, -0.25) is 4.72 Å². The van der Waals surface area contributed by atoms with Crippen molar-refractivity contribution in [3.05, 3.63) is 66.0 Å². The zero-order chi connectivity index (χ0) is 18.6. The summed E-state index contributed by atoms with van der Waals surface area (Å²) in [6.45, 7) is -0.485. The summed E-state index contributed by atoms with van der Waals surface area (Å²) in [4.78, 5) is 11.5. The fourth-order valence-electron chi connectivity index (χ4n) is 2.22. The summed E-state index contributed by atoms with van der Waals surface area (Å²) in [6, 6.07) is 17.0. The number of aliphatic carboxylic acids is 1. The zero-order valence-corrected chi connectivity index (χ0v) is 15.1. The average molecular weight is 389 g/mol. The van der Waals surface area contributed by atoms with Crippen molar-refractivity contribution in [2.75, 3.05) is 11.3 Å². The highest BCUT2D eigenvalue weighted by Gasteiger charge is 2.15. The van der Waals surface area contributed by atoms with Crippen molar-refractivity contribution in [1.82, 2.24) is 0 Å². The second-order valence-corrected chi connectivity index (χ2v) is 7.92. The maximum Gasteiger partial charge on any atom is 0.341 e. The van der Waals surface area contributed by atoms with E-state index >= 15 is 0 Å². The SMILES string of the molecule is O=C(O)COc1ccc(S(=O)(=O)Nc2csc(-c3ccccc3)c2)cc1. The number of ether oxygens (including phenoxy) is 1. The van der Waals surface area contributed by atoms with Crippen molar-refractivity contribution in [1.29, 1.82) is 0 Å². The maximum absolute atomic E-state index is 12.5. The normalized spacial score (nSPS) is 11.1. The fraction of sp³-hybridized carbons (Fsp3) is 0.0556. The van der Waals surface area contributed by atoms with Crippen molar-refractivity contribution in [2.45, 2.75) is 4.90 Å². The van der Waals surface area contributed by atoms with E-state index in [1.165, 1.54) is 35.6 Å². The van der Waals surface area contributed by atoms with Gasteiger partial charge in [-0.2, -0.15) is 0 Å². The van der Waals surface area contributed by atoms with Crippen LogP contribution in [0.25, 0.3) is 10.4 Å². The molecule has 6 nitrogen and oxygen atoms in total. The van der Waals surface area contributed by atoms with E-state index in [4.69, 9.17) is 9.84 Å². The molecule has 3 rings (SSSR count). The lowest BCUT2D eigenvalue weighted by Gasteiger charge is -2.07. The minimum Gasteiger partial charge on any atom is -0.482 e. The number of sulfonamides is 1. The van der Waals surface area contributed by atoms with Crippen LogP contribution in [-0.2, 0) is 14.8 Å². The Morgan fingerprint density at radius 3 is 2.42 bits per heavy atom. The monoisotopic (exact) mass is 389 g/mol. The van der Waals surface area contributed by atoms with Crippen molar-refractivity contribution < 1.29 is 23.1 Å². The number of thiophene rings is 1. The van der Waals surface area contributed by atoms with Gasteiger partial charge in [-0.15, -0.1) is 11.3 Å². The summed E-state index contributed by atoms with van der Waals surface area (Å²) in [5.74, 6) is -0.816. The number of hydrogen-bond acceptors (Lipinski definition) is 5.